The minimum absolute atomic E-state index is 0.134. The molecule has 0 amide bonds. The van der Waals surface area contributed by atoms with Crippen LogP contribution < -0.4 is 5.73 Å². The van der Waals surface area contributed by atoms with Gasteiger partial charge in [0.05, 0.1) is 12.7 Å². The van der Waals surface area contributed by atoms with E-state index in [1.54, 1.807) is 0 Å². The second-order valence-corrected chi connectivity index (χ2v) is 2.83. The van der Waals surface area contributed by atoms with Crippen LogP contribution in [0.4, 0.5) is 22.0 Å². The average molecular weight is 237 g/mol. The number of hydrogen-bond donors (Lipinski definition) is 1. The Balaban J connectivity index is 4.12. The van der Waals surface area contributed by atoms with Crippen LogP contribution in [0.3, 0.4) is 0 Å². The molecule has 0 aromatic carbocycles. The minimum Gasteiger partial charge on any atom is -0.382 e. The average Bonchev–Trinajstić information content (AvgIpc) is 2.10. The highest BCUT2D eigenvalue weighted by molar-refractivity contribution is 4.76. The smallest absolute Gasteiger partial charge is 0.382 e. The quantitative estimate of drug-likeness (QED) is 0.705. The van der Waals surface area contributed by atoms with Gasteiger partial charge in [-0.2, -0.15) is 22.0 Å². The van der Waals surface area contributed by atoms with Crippen LogP contribution in [0.5, 0.6) is 0 Å². The molecule has 92 valence electrons. The molecule has 0 aliphatic carbocycles. The minimum atomic E-state index is -5.61. The Morgan fingerprint density at radius 1 is 1.20 bits per heavy atom. The van der Waals surface area contributed by atoms with Crippen molar-refractivity contribution in [2.75, 3.05) is 26.9 Å². The molecule has 0 fully saturated rings. The van der Waals surface area contributed by atoms with E-state index in [9.17, 15) is 22.0 Å². The predicted molar refractivity (Wildman–Crippen MR) is 41.7 cm³/mol. The fraction of sp³-hybridized carbons (Fsp3) is 1.00. The normalized spacial score (nSPS) is 15.4. The van der Waals surface area contributed by atoms with Gasteiger partial charge in [-0.05, 0) is 0 Å². The predicted octanol–water partition coefficient (Wildman–Crippen LogP) is 1.17. The molecule has 0 radical (unpaired) electrons. The first-order valence-electron chi connectivity index (χ1n) is 3.99. The summed E-state index contributed by atoms with van der Waals surface area (Å²) in [6, 6.07) is 0. The van der Waals surface area contributed by atoms with E-state index >= 15 is 0 Å². The van der Waals surface area contributed by atoms with Crippen molar-refractivity contribution in [3.05, 3.63) is 0 Å². The third kappa shape index (κ3) is 4.72. The molecule has 0 heterocycles. The maximum atomic E-state index is 12.3. The van der Waals surface area contributed by atoms with E-state index in [1.807, 2.05) is 0 Å². The summed E-state index contributed by atoms with van der Waals surface area (Å²) in [5.41, 5.74) is 5.07. The van der Waals surface area contributed by atoms with E-state index < -0.39 is 24.8 Å². The molecule has 1 atom stereocenters. The van der Waals surface area contributed by atoms with Crippen LogP contribution in [0, 0.1) is 0 Å². The zero-order valence-electron chi connectivity index (χ0n) is 7.98. The summed E-state index contributed by atoms with van der Waals surface area (Å²) in [7, 11) is 1.26. The van der Waals surface area contributed by atoms with Crippen molar-refractivity contribution in [2.45, 2.75) is 18.2 Å². The van der Waals surface area contributed by atoms with Crippen LogP contribution in [-0.4, -0.2) is 45.1 Å². The highest BCUT2D eigenvalue weighted by Crippen LogP contribution is 2.35. The molecule has 0 spiro atoms. The molecule has 0 saturated heterocycles. The summed E-state index contributed by atoms with van der Waals surface area (Å²) in [6.45, 7) is -2.08. The van der Waals surface area contributed by atoms with Crippen molar-refractivity contribution in [3.8, 4) is 0 Å². The van der Waals surface area contributed by atoms with Crippen molar-refractivity contribution in [3.63, 3.8) is 0 Å². The summed E-state index contributed by atoms with van der Waals surface area (Å²) in [6.07, 6.45) is -6.58. The number of ether oxygens (including phenoxy) is 2. The van der Waals surface area contributed by atoms with Gasteiger partial charge in [-0.25, -0.2) is 0 Å². The SMILES string of the molecule is COCC(CN)OCC(F)(F)C(F)(F)F. The van der Waals surface area contributed by atoms with Crippen LogP contribution in [0.1, 0.15) is 0 Å². The van der Waals surface area contributed by atoms with Gasteiger partial charge in [0.2, 0.25) is 0 Å². The molecule has 0 bridgehead atoms. The third-order valence-corrected chi connectivity index (χ3v) is 1.53. The largest absolute Gasteiger partial charge is 0.455 e. The molecular formula is C7H12F5NO2. The van der Waals surface area contributed by atoms with E-state index in [4.69, 9.17) is 5.73 Å². The zero-order valence-corrected chi connectivity index (χ0v) is 7.98. The summed E-state index contributed by atoms with van der Waals surface area (Å²) in [5.74, 6) is -4.87. The first kappa shape index (κ1) is 14.5. The molecule has 1 unspecified atom stereocenters. The molecule has 0 aliphatic heterocycles. The Hall–Kier alpha value is -0.470. The van der Waals surface area contributed by atoms with Crippen LogP contribution in [0.2, 0.25) is 0 Å². The first-order chi connectivity index (χ1) is 6.74. The fourth-order valence-electron chi connectivity index (χ4n) is 0.674. The van der Waals surface area contributed by atoms with Gasteiger partial charge < -0.3 is 15.2 Å². The van der Waals surface area contributed by atoms with Gasteiger partial charge in [-0.1, -0.05) is 0 Å². The summed E-state index contributed by atoms with van der Waals surface area (Å²) < 4.78 is 68.5. The second kappa shape index (κ2) is 5.57. The van der Waals surface area contributed by atoms with Gasteiger partial charge in [0.15, 0.2) is 0 Å². The topological polar surface area (TPSA) is 44.5 Å². The Bertz CT molecular complexity index is 185. The van der Waals surface area contributed by atoms with Gasteiger partial charge in [-0.3, -0.25) is 0 Å². The van der Waals surface area contributed by atoms with Gasteiger partial charge >= 0.3 is 12.1 Å². The Kier molecular flexibility index (Phi) is 5.39. The second-order valence-electron chi connectivity index (χ2n) is 2.83. The molecular weight excluding hydrogens is 225 g/mol. The fourth-order valence-corrected chi connectivity index (χ4v) is 0.674. The lowest BCUT2D eigenvalue weighted by atomic mass is 10.3. The molecule has 0 aromatic rings. The van der Waals surface area contributed by atoms with Gasteiger partial charge in [0, 0.05) is 13.7 Å². The maximum absolute atomic E-state index is 12.3. The maximum Gasteiger partial charge on any atom is 0.455 e. The van der Waals surface area contributed by atoms with Gasteiger partial charge in [0.1, 0.15) is 6.61 Å². The van der Waals surface area contributed by atoms with Crippen molar-refractivity contribution >= 4 is 0 Å². The van der Waals surface area contributed by atoms with Crippen LogP contribution in [0.15, 0.2) is 0 Å². The molecule has 15 heavy (non-hydrogen) atoms. The van der Waals surface area contributed by atoms with E-state index in [2.05, 4.69) is 9.47 Å². The van der Waals surface area contributed by atoms with Crippen LogP contribution in [0.25, 0.3) is 0 Å². The number of halogens is 5. The monoisotopic (exact) mass is 237 g/mol. The van der Waals surface area contributed by atoms with Gasteiger partial charge in [-0.15, -0.1) is 0 Å². The Morgan fingerprint density at radius 2 is 1.73 bits per heavy atom. The molecule has 0 saturated carbocycles. The van der Waals surface area contributed by atoms with E-state index in [1.165, 1.54) is 7.11 Å². The molecule has 0 aliphatic rings. The molecule has 3 nitrogen and oxygen atoms in total. The first-order valence-corrected chi connectivity index (χ1v) is 3.99. The number of alkyl halides is 5. The molecule has 2 N–H and O–H groups in total. The van der Waals surface area contributed by atoms with Crippen molar-refractivity contribution in [1.82, 2.24) is 0 Å². The highest BCUT2D eigenvalue weighted by Gasteiger charge is 2.57. The molecule has 0 aromatic heterocycles. The Labute approximate surface area is 83.3 Å². The zero-order chi connectivity index (χ0) is 12.1. The third-order valence-electron chi connectivity index (χ3n) is 1.53. The standard InChI is InChI=1S/C7H12F5NO2/c1-14-3-5(2-13)15-4-6(8,9)7(10,11)12/h5H,2-4,13H2,1H3. The Morgan fingerprint density at radius 3 is 2.07 bits per heavy atom. The van der Waals surface area contributed by atoms with Crippen LogP contribution in [-0.2, 0) is 9.47 Å². The molecule has 8 heteroatoms. The number of rotatable bonds is 6. The van der Waals surface area contributed by atoms with E-state index in [0.29, 0.717) is 0 Å². The summed E-state index contributed by atoms with van der Waals surface area (Å²) >= 11 is 0. The lowest BCUT2D eigenvalue weighted by Gasteiger charge is -2.22. The van der Waals surface area contributed by atoms with Crippen molar-refractivity contribution < 1.29 is 31.4 Å². The molecule has 0 rings (SSSR count). The van der Waals surface area contributed by atoms with Gasteiger partial charge in [0.25, 0.3) is 0 Å². The lowest BCUT2D eigenvalue weighted by Crippen LogP contribution is -2.43. The highest BCUT2D eigenvalue weighted by atomic mass is 19.4. The summed E-state index contributed by atoms with van der Waals surface area (Å²) in [5, 5.41) is 0. The number of methoxy groups -OCH3 is 1. The number of nitrogens with two attached hydrogens (primary N) is 1. The van der Waals surface area contributed by atoms with E-state index in [-0.39, 0.29) is 13.2 Å². The lowest BCUT2D eigenvalue weighted by molar-refractivity contribution is -0.300. The van der Waals surface area contributed by atoms with E-state index in [0.717, 1.165) is 0 Å². The number of hydrogen-bond acceptors (Lipinski definition) is 3. The van der Waals surface area contributed by atoms with Crippen molar-refractivity contribution in [2.24, 2.45) is 5.73 Å². The summed E-state index contributed by atoms with van der Waals surface area (Å²) in [4.78, 5) is 0. The van der Waals surface area contributed by atoms with Crippen molar-refractivity contribution in [1.29, 1.82) is 0 Å². The van der Waals surface area contributed by atoms with Crippen LogP contribution >= 0.6 is 0 Å².